The number of thioether (sulfide) groups is 1. The largest absolute Gasteiger partial charge is 0.452 e. The Labute approximate surface area is 208 Å². The summed E-state index contributed by atoms with van der Waals surface area (Å²) in [6.45, 7) is 5.23. The first-order valence-electron chi connectivity index (χ1n) is 10.5. The van der Waals surface area contributed by atoms with Crippen molar-refractivity contribution in [1.29, 1.82) is 0 Å². The predicted molar refractivity (Wildman–Crippen MR) is 135 cm³/mol. The number of nitrogens with one attached hydrogen (secondary N) is 1. The minimum absolute atomic E-state index is 0.195. The molecule has 170 valence electrons. The highest BCUT2D eigenvalue weighted by Gasteiger charge is 2.46. The molecule has 2 aromatic heterocycles. The topological polar surface area (TPSA) is 83.1 Å². The van der Waals surface area contributed by atoms with Crippen LogP contribution in [0.5, 0.6) is 0 Å². The molecule has 1 atom stereocenters. The van der Waals surface area contributed by atoms with Crippen molar-refractivity contribution < 1.29 is 13.9 Å². The van der Waals surface area contributed by atoms with Crippen molar-refractivity contribution >= 4 is 39.3 Å². The molecule has 7 nitrogen and oxygen atoms in total. The number of fused-ring (bicyclic) bond motifs is 3. The highest BCUT2D eigenvalue weighted by Crippen LogP contribution is 2.38. The number of rotatable bonds is 5. The van der Waals surface area contributed by atoms with Crippen molar-refractivity contribution in [1.82, 2.24) is 10.1 Å². The van der Waals surface area contributed by atoms with Gasteiger partial charge in [0.1, 0.15) is 5.76 Å². The van der Waals surface area contributed by atoms with Crippen LogP contribution in [0, 0.1) is 0 Å². The molecule has 1 amide bonds. The van der Waals surface area contributed by atoms with Gasteiger partial charge in [0, 0.05) is 27.8 Å². The third-order valence-corrected chi connectivity index (χ3v) is 6.83. The standard InChI is InChI=1S/C25H19BrN4O3S/c1-3-14-34-25-27-23(32)22-18-6-4-5-7-19(18)29(15(2)31)24(30(22)28-25)21-13-12-20(33-21)16-8-10-17(26)11-9-16/h3-13,24H,1,14H2,2H3/p+1. The van der Waals surface area contributed by atoms with Gasteiger partial charge < -0.3 is 4.42 Å². The third kappa shape index (κ3) is 3.91. The lowest BCUT2D eigenvalue weighted by atomic mass is 10.0. The van der Waals surface area contributed by atoms with E-state index in [4.69, 9.17) is 9.52 Å². The number of aromatic amines is 1. The van der Waals surface area contributed by atoms with Gasteiger partial charge in [-0.15, -0.1) is 6.58 Å². The average Bonchev–Trinajstić information content (AvgIpc) is 3.31. The molecule has 2 aromatic carbocycles. The minimum Gasteiger partial charge on any atom is -0.452 e. The number of halogens is 1. The summed E-state index contributed by atoms with van der Waals surface area (Å²) in [6, 6.07) is 18.8. The van der Waals surface area contributed by atoms with Crippen LogP contribution < -0.4 is 15.1 Å². The van der Waals surface area contributed by atoms with Crippen molar-refractivity contribution in [2.45, 2.75) is 18.2 Å². The van der Waals surface area contributed by atoms with E-state index < -0.39 is 6.17 Å². The summed E-state index contributed by atoms with van der Waals surface area (Å²) in [5.41, 5.74) is 2.22. The Morgan fingerprint density at radius 2 is 2.00 bits per heavy atom. The second kappa shape index (κ2) is 9.08. The maximum absolute atomic E-state index is 13.2. The number of furan rings is 1. The van der Waals surface area contributed by atoms with Crippen LogP contribution in [0.2, 0.25) is 0 Å². The lowest BCUT2D eigenvalue weighted by Gasteiger charge is -2.30. The van der Waals surface area contributed by atoms with E-state index in [0.29, 0.717) is 39.4 Å². The molecule has 0 aliphatic carbocycles. The molecule has 1 aliphatic heterocycles. The summed E-state index contributed by atoms with van der Waals surface area (Å²) in [6.07, 6.45) is 0.970. The van der Waals surface area contributed by atoms with E-state index in [1.54, 1.807) is 15.7 Å². The number of hydrogen-bond donors (Lipinski definition) is 1. The van der Waals surface area contributed by atoms with Gasteiger partial charge >= 0.3 is 17.4 Å². The van der Waals surface area contributed by atoms with Gasteiger partial charge in [-0.2, -0.15) is 0 Å². The Morgan fingerprint density at radius 3 is 2.74 bits per heavy atom. The molecule has 1 aliphatic rings. The maximum atomic E-state index is 13.2. The number of carbonyl (C=O) groups is 1. The number of anilines is 1. The van der Waals surface area contributed by atoms with E-state index in [9.17, 15) is 9.59 Å². The van der Waals surface area contributed by atoms with Crippen LogP contribution in [0.25, 0.3) is 22.6 Å². The fourth-order valence-electron chi connectivity index (χ4n) is 4.03. The maximum Gasteiger partial charge on any atom is 0.325 e. The number of H-pyrrole nitrogens is 1. The number of benzene rings is 2. The summed E-state index contributed by atoms with van der Waals surface area (Å²) in [5, 5.41) is 5.14. The first-order valence-corrected chi connectivity index (χ1v) is 12.3. The van der Waals surface area contributed by atoms with E-state index >= 15 is 0 Å². The normalized spacial score (nSPS) is 14.4. The lowest BCUT2D eigenvalue weighted by Crippen LogP contribution is -2.60. The number of hydrogen-bond acceptors (Lipinski definition) is 5. The average molecular weight is 536 g/mol. The molecule has 0 fully saturated rings. The lowest BCUT2D eigenvalue weighted by molar-refractivity contribution is -0.764. The van der Waals surface area contributed by atoms with Gasteiger partial charge in [0.2, 0.25) is 11.1 Å². The van der Waals surface area contributed by atoms with E-state index in [0.717, 1.165) is 10.0 Å². The Balaban J connectivity index is 1.72. The fourth-order valence-corrected chi connectivity index (χ4v) is 4.88. The van der Waals surface area contributed by atoms with Crippen LogP contribution in [0.1, 0.15) is 18.8 Å². The molecule has 9 heteroatoms. The summed E-state index contributed by atoms with van der Waals surface area (Å²) in [4.78, 5) is 30.6. The Kier molecular flexibility index (Phi) is 5.97. The highest BCUT2D eigenvalue weighted by atomic mass is 79.9. The molecule has 0 radical (unpaired) electrons. The number of nitrogens with zero attached hydrogens (tertiary/aromatic N) is 3. The van der Waals surface area contributed by atoms with Crippen LogP contribution in [-0.2, 0) is 4.79 Å². The fraction of sp³-hybridized carbons (Fsp3) is 0.120. The summed E-state index contributed by atoms with van der Waals surface area (Å²) in [5.74, 6) is 1.53. The molecular weight excluding hydrogens is 516 g/mol. The minimum atomic E-state index is -0.767. The van der Waals surface area contributed by atoms with Crippen molar-refractivity contribution in [3.05, 3.63) is 93.9 Å². The number of carbonyl (C=O) groups excluding carboxylic acids is 1. The molecule has 34 heavy (non-hydrogen) atoms. The zero-order valence-corrected chi connectivity index (χ0v) is 20.6. The molecule has 0 saturated heterocycles. The van der Waals surface area contributed by atoms with Crippen LogP contribution in [-0.4, -0.2) is 21.7 Å². The van der Waals surface area contributed by atoms with Crippen LogP contribution >= 0.6 is 27.7 Å². The van der Waals surface area contributed by atoms with Crippen LogP contribution in [0.4, 0.5) is 5.69 Å². The third-order valence-electron chi connectivity index (χ3n) is 5.45. The highest BCUT2D eigenvalue weighted by molar-refractivity contribution is 9.10. The molecule has 1 N–H and O–H groups in total. The molecular formula is C25H20BrN4O3S+. The van der Waals surface area contributed by atoms with Crippen LogP contribution in [0.15, 0.2) is 92.2 Å². The van der Waals surface area contributed by atoms with E-state index in [1.807, 2.05) is 60.7 Å². The summed E-state index contributed by atoms with van der Waals surface area (Å²) >= 11 is 4.80. The predicted octanol–water partition coefficient (Wildman–Crippen LogP) is 4.94. The Bertz CT molecular complexity index is 1460. The summed E-state index contributed by atoms with van der Waals surface area (Å²) in [7, 11) is 0. The van der Waals surface area contributed by atoms with Gasteiger partial charge in [0.25, 0.3) is 0 Å². The van der Waals surface area contributed by atoms with Crippen molar-refractivity contribution in [3.8, 4) is 22.6 Å². The van der Waals surface area contributed by atoms with Crippen LogP contribution in [0.3, 0.4) is 0 Å². The number of para-hydroxylation sites is 1. The Morgan fingerprint density at radius 1 is 1.24 bits per heavy atom. The van der Waals surface area contributed by atoms with Crippen molar-refractivity contribution in [3.63, 3.8) is 0 Å². The van der Waals surface area contributed by atoms with Gasteiger partial charge in [-0.1, -0.05) is 58.0 Å². The van der Waals surface area contributed by atoms with Gasteiger partial charge in [0.05, 0.1) is 11.3 Å². The quantitative estimate of drug-likeness (QED) is 0.222. The molecule has 0 spiro atoms. The van der Waals surface area contributed by atoms with E-state index in [2.05, 4.69) is 27.5 Å². The zero-order valence-electron chi connectivity index (χ0n) is 18.2. The zero-order chi connectivity index (χ0) is 23.8. The molecule has 0 bridgehead atoms. The van der Waals surface area contributed by atoms with E-state index in [-0.39, 0.29) is 11.5 Å². The molecule has 0 saturated carbocycles. The molecule has 5 rings (SSSR count). The summed E-state index contributed by atoms with van der Waals surface area (Å²) < 4.78 is 8.80. The smallest absolute Gasteiger partial charge is 0.325 e. The molecule has 4 aromatic rings. The number of amides is 1. The first-order chi connectivity index (χ1) is 16.5. The SMILES string of the molecule is C=CCSc1n[n+]2c(c(=O)[nH]1)-c1ccccc1N(C(C)=O)C2c1ccc(-c2ccc(Br)cc2)o1. The Hall–Kier alpha value is -3.43. The second-order valence-electron chi connectivity index (χ2n) is 7.64. The first kappa shape index (κ1) is 22.4. The van der Waals surface area contributed by atoms with Crippen molar-refractivity contribution in [2.75, 3.05) is 10.7 Å². The molecule has 1 unspecified atom stereocenters. The van der Waals surface area contributed by atoms with Gasteiger partial charge in [-0.25, -0.2) is 4.90 Å². The van der Waals surface area contributed by atoms with Gasteiger partial charge in [-0.3, -0.25) is 14.6 Å². The molecule has 3 heterocycles. The second-order valence-corrected chi connectivity index (χ2v) is 9.57. The van der Waals surface area contributed by atoms with Gasteiger partial charge in [0.15, 0.2) is 5.76 Å². The number of aromatic nitrogens is 3. The van der Waals surface area contributed by atoms with E-state index in [1.165, 1.54) is 18.7 Å². The van der Waals surface area contributed by atoms with Crippen molar-refractivity contribution in [2.24, 2.45) is 0 Å². The monoisotopic (exact) mass is 535 g/mol. The van der Waals surface area contributed by atoms with Gasteiger partial charge in [-0.05, 0) is 41.1 Å².